The number of hydrogen-bond acceptors (Lipinski definition) is 5. The van der Waals surface area contributed by atoms with Crippen LogP contribution in [-0.2, 0) is 6.42 Å². The summed E-state index contributed by atoms with van der Waals surface area (Å²) in [6.45, 7) is 2.12. The van der Waals surface area contributed by atoms with E-state index in [-0.39, 0.29) is 5.95 Å². The first kappa shape index (κ1) is 13.1. The summed E-state index contributed by atoms with van der Waals surface area (Å²) in [7, 11) is 0. The predicted molar refractivity (Wildman–Crippen MR) is 85.9 cm³/mol. The van der Waals surface area contributed by atoms with Crippen molar-refractivity contribution in [3.05, 3.63) is 40.2 Å². The van der Waals surface area contributed by atoms with E-state index in [1.165, 1.54) is 4.88 Å². The highest BCUT2D eigenvalue weighted by molar-refractivity contribution is 7.18. The molecule has 1 aromatic carbocycles. The van der Waals surface area contributed by atoms with Gasteiger partial charge in [-0.3, -0.25) is 0 Å². The number of aryl methyl sites for hydroxylation is 1. The summed E-state index contributed by atoms with van der Waals surface area (Å²) < 4.78 is 0. The van der Waals surface area contributed by atoms with Crippen LogP contribution in [0.3, 0.4) is 0 Å². The summed E-state index contributed by atoms with van der Waals surface area (Å²) in [5, 5.41) is 4.92. The third-order valence-electron chi connectivity index (χ3n) is 2.90. The second-order valence-corrected chi connectivity index (χ2v) is 5.90. The molecule has 2 aromatic heterocycles. The fraction of sp³-hybridized carbons (Fsp3) is 0.143. The monoisotopic (exact) mass is 304 g/mol. The van der Waals surface area contributed by atoms with Crippen molar-refractivity contribution in [3.8, 4) is 0 Å². The fourth-order valence-corrected chi connectivity index (χ4v) is 3.12. The Balaban J connectivity index is 2.08. The van der Waals surface area contributed by atoms with Crippen molar-refractivity contribution >= 4 is 50.6 Å². The van der Waals surface area contributed by atoms with Crippen molar-refractivity contribution in [3.63, 3.8) is 0 Å². The van der Waals surface area contributed by atoms with Gasteiger partial charge in [-0.25, -0.2) is 4.98 Å². The zero-order valence-electron chi connectivity index (χ0n) is 10.9. The van der Waals surface area contributed by atoms with Crippen molar-refractivity contribution in [1.82, 2.24) is 9.97 Å². The molecular weight excluding hydrogens is 292 g/mol. The van der Waals surface area contributed by atoms with Crippen molar-refractivity contribution in [1.29, 1.82) is 0 Å². The zero-order valence-corrected chi connectivity index (χ0v) is 12.4. The van der Waals surface area contributed by atoms with E-state index in [9.17, 15) is 0 Å². The molecule has 0 aliphatic carbocycles. The molecule has 0 bridgehead atoms. The normalized spacial score (nSPS) is 10.9. The largest absolute Gasteiger partial charge is 0.368 e. The molecule has 0 amide bonds. The van der Waals surface area contributed by atoms with Crippen LogP contribution in [0.1, 0.15) is 11.8 Å². The minimum Gasteiger partial charge on any atom is -0.368 e. The van der Waals surface area contributed by atoms with E-state index in [4.69, 9.17) is 17.3 Å². The number of halogens is 1. The molecule has 3 N–H and O–H groups in total. The van der Waals surface area contributed by atoms with E-state index in [1.54, 1.807) is 11.3 Å². The maximum absolute atomic E-state index is 5.99. The van der Waals surface area contributed by atoms with Crippen LogP contribution in [0.25, 0.3) is 10.2 Å². The van der Waals surface area contributed by atoms with Gasteiger partial charge in [0.05, 0.1) is 5.39 Å². The maximum Gasteiger partial charge on any atom is 0.223 e. The standard InChI is InChI=1S/C14H13ClN4S/c1-2-10-7-11-12(18-14(16)19-13(11)20-10)17-9-5-3-4-8(15)6-9/h3-7H,2H2,1H3,(H3,16,17,18,19). The van der Waals surface area contributed by atoms with E-state index in [1.807, 2.05) is 24.3 Å². The number of benzene rings is 1. The Labute approximate surface area is 125 Å². The van der Waals surface area contributed by atoms with Gasteiger partial charge in [-0.15, -0.1) is 11.3 Å². The van der Waals surface area contributed by atoms with Gasteiger partial charge in [-0.05, 0) is 30.7 Å². The molecule has 0 saturated heterocycles. The Morgan fingerprint density at radius 1 is 1.30 bits per heavy atom. The van der Waals surface area contributed by atoms with E-state index in [0.717, 1.165) is 22.3 Å². The van der Waals surface area contributed by atoms with Gasteiger partial charge in [0.25, 0.3) is 0 Å². The Morgan fingerprint density at radius 3 is 2.90 bits per heavy atom. The molecule has 6 heteroatoms. The molecule has 0 aliphatic rings. The van der Waals surface area contributed by atoms with Gasteiger partial charge in [-0.1, -0.05) is 24.6 Å². The molecule has 0 unspecified atom stereocenters. The van der Waals surface area contributed by atoms with E-state index in [2.05, 4.69) is 28.3 Å². The van der Waals surface area contributed by atoms with Gasteiger partial charge in [0.1, 0.15) is 10.6 Å². The highest BCUT2D eigenvalue weighted by Gasteiger charge is 2.10. The van der Waals surface area contributed by atoms with E-state index in [0.29, 0.717) is 10.8 Å². The molecule has 0 radical (unpaired) electrons. The lowest BCUT2D eigenvalue weighted by atomic mass is 10.3. The average Bonchev–Trinajstić information content (AvgIpc) is 2.82. The van der Waals surface area contributed by atoms with Crippen LogP contribution in [0.5, 0.6) is 0 Å². The van der Waals surface area contributed by atoms with Gasteiger partial charge in [0.2, 0.25) is 5.95 Å². The molecule has 4 nitrogen and oxygen atoms in total. The van der Waals surface area contributed by atoms with Crippen molar-refractivity contribution in [2.75, 3.05) is 11.1 Å². The van der Waals surface area contributed by atoms with Gasteiger partial charge in [0.15, 0.2) is 0 Å². The van der Waals surface area contributed by atoms with Crippen LogP contribution in [0.4, 0.5) is 17.5 Å². The molecule has 3 aromatic rings. The average molecular weight is 305 g/mol. The predicted octanol–water partition coefficient (Wildman–Crippen LogP) is 4.23. The zero-order chi connectivity index (χ0) is 14.1. The highest BCUT2D eigenvalue weighted by Crippen LogP contribution is 2.31. The van der Waals surface area contributed by atoms with E-state index < -0.39 is 0 Å². The molecule has 0 spiro atoms. The molecule has 2 heterocycles. The van der Waals surface area contributed by atoms with Gasteiger partial charge >= 0.3 is 0 Å². The Morgan fingerprint density at radius 2 is 2.15 bits per heavy atom. The lowest BCUT2D eigenvalue weighted by Crippen LogP contribution is -2.00. The molecule has 0 fully saturated rings. The van der Waals surface area contributed by atoms with Crippen LogP contribution in [0.2, 0.25) is 5.02 Å². The fourth-order valence-electron chi connectivity index (χ4n) is 1.96. The third-order valence-corrected chi connectivity index (χ3v) is 4.31. The number of nitrogens with zero attached hydrogens (tertiary/aromatic N) is 2. The van der Waals surface area contributed by atoms with Crippen molar-refractivity contribution < 1.29 is 0 Å². The van der Waals surface area contributed by atoms with Crippen LogP contribution in [0, 0.1) is 0 Å². The van der Waals surface area contributed by atoms with Gasteiger partial charge in [-0.2, -0.15) is 4.98 Å². The SMILES string of the molecule is CCc1cc2c(Nc3cccc(Cl)c3)nc(N)nc2s1. The summed E-state index contributed by atoms with van der Waals surface area (Å²) in [6, 6.07) is 9.60. The van der Waals surface area contributed by atoms with Gasteiger partial charge in [0, 0.05) is 15.6 Å². The number of nitrogens with two attached hydrogens (primary N) is 1. The summed E-state index contributed by atoms with van der Waals surface area (Å²) in [5.41, 5.74) is 6.65. The van der Waals surface area contributed by atoms with Gasteiger partial charge < -0.3 is 11.1 Å². The lowest BCUT2D eigenvalue weighted by Gasteiger charge is -2.07. The number of anilines is 3. The number of rotatable bonds is 3. The lowest BCUT2D eigenvalue weighted by molar-refractivity contribution is 1.19. The van der Waals surface area contributed by atoms with Crippen LogP contribution in [-0.4, -0.2) is 9.97 Å². The number of nitrogens with one attached hydrogen (secondary N) is 1. The Kier molecular flexibility index (Phi) is 3.46. The van der Waals surface area contributed by atoms with E-state index >= 15 is 0 Å². The first-order valence-electron chi connectivity index (χ1n) is 6.24. The number of aromatic nitrogens is 2. The first-order chi connectivity index (χ1) is 9.65. The highest BCUT2D eigenvalue weighted by atomic mass is 35.5. The molecule has 3 rings (SSSR count). The van der Waals surface area contributed by atoms with Crippen LogP contribution < -0.4 is 11.1 Å². The summed E-state index contributed by atoms with van der Waals surface area (Å²) in [6.07, 6.45) is 0.970. The van der Waals surface area contributed by atoms with Crippen LogP contribution in [0.15, 0.2) is 30.3 Å². The van der Waals surface area contributed by atoms with Crippen LogP contribution >= 0.6 is 22.9 Å². The molecule has 0 atom stereocenters. The second kappa shape index (κ2) is 5.26. The Bertz CT molecular complexity index is 769. The number of nitrogen functional groups attached to an aromatic ring is 1. The maximum atomic E-state index is 5.99. The Hall–Kier alpha value is -1.85. The number of hydrogen-bond donors (Lipinski definition) is 2. The summed E-state index contributed by atoms with van der Waals surface area (Å²) >= 11 is 7.63. The second-order valence-electron chi connectivity index (χ2n) is 4.35. The van der Waals surface area contributed by atoms with Crippen molar-refractivity contribution in [2.45, 2.75) is 13.3 Å². The number of fused-ring (bicyclic) bond motifs is 1. The quantitative estimate of drug-likeness (QED) is 0.760. The molecule has 0 aliphatic heterocycles. The van der Waals surface area contributed by atoms with Crippen molar-refractivity contribution in [2.24, 2.45) is 0 Å². The minimum atomic E-state index is 0.270. The smallest absolute Gasteiger partial charge is 0.223 e. The minimum absolute atomic E-state index is 0.270. The number of thiophene rings is 1. The first-order valence-corrected chi connectivity index (χ1v) is 7.43. The molecule has 0 saturated carbocycles. The molecule has 20 heavy (non-hydrogen) atoms. The summed E-state index contributed by atoms with van der Waals surface area (Å²) in [4.78, 5) is 10.7. The third kappa shape index (κ3) is 2.55. The summed E-state index contributed by atoms with van der Waals surface area (Å²) in [5.74, 6) is 0.984. The molecule has 102 valence electrons. The molecular formula is C14H13ClN4S. The topological polar surface area (TPSA) is 63.8 Å².